The number of nitrogens with two attached hydrogens (primary N) is 1. The molecule has 1 saturated heterocycles. The molecule has 0 unspecified atom stereocenters. The number of halogens is 2. The van der Waals surface area contributed by atoms with E-state index >= 15 is 0 Å². The van der Waals surface area contributed by atoms with E-state index in [-0.39, 0.29) is 6.03 Å². The first-order valence-corrected chi connectivity index (χ1v) is 11.5. The van der Waals surface area contributed by atoms with Crippen molar-refractivity contribution in [3.63, 3.8) is 0 Å². The van der Waals surface area contributed by atoms with Crippen molar-refractivity contribution in [2.24, 2.45) is 5.73 Å². The molecule has 31 heavy (non-hydrogen) atoms. The molecule has 9 heteroatoms. The van der Waals surface area contributed by atoms with E-state index in [1.807, 2.05) is 11.0 Å². The normalized spacial score (nSPS) is 18.3. The molecule has 0 bridgehead atoms. The van der Waals surface area contributed by atoms with Crippen LogP contribution in [-0.2, 0) is 13.0 Å². The number of carbonyl (C=O) groups excluding carboxylic acids is 1. The van der Waals surface area contributed by atoms with Crippen LogP contribution in [0.2, 0.25) is 10.0 Å². The molecule has 0 saturated carbocycles. The summed E-state index contributed by atoms with van der Waals surface area (Å²) in [6, 6.07) is 5.44. The van der Waals surface area contributed by atoms with Gasteiger partial charge in [-0.05, 0) is 36.5 Å². The third-order valence-corrected chi connectivity index (χ3v) is 6.87. The summed E-state index contributed by atoms with van der Waals surface area (Å²) in [6.07, 6.45) is 3.82. The summed E-state index contributed by atoms with van der Waals surface area (Å²) in [7, 11) is 0. The number of piperazine rings is 1. The predicted molar refractivity (Wildman–Crippen MR) is 124 cm³/mol. The van der Waals surface area contributed by atoms with E-state index in [0.29, 0.717) is 48.7 Å². The van der Waals surface area contributed by atoms with Gasteiger partial charge in [-0.2, -0.15) is 0 Å². The maximum Gasteiger partial charge on any atom is 0.320 e. The van der Waals surface area contributed by atoms with E-state index in [1.165, 1.54) is 11.3 Å². The Hall–Kier alpha value is -2.09. The van der Waals surface area contributed by atoms with Crippen LogP contribution in [0, 0.1) is 0 Å². The Kier molecular flexibility index (Phi) is 6.84. The van der Waals surface area contributed by atoms with Gasteiger partial charge in [-0.1, -0.05) is 36.2 Å². The van der Waals surface area contributed by atoms with Crippen LogP contribution in [-0.4, -0.2) is 65.1 Å². The lowest BCUT2D eigenvalue weighted by molar-refractivity contribution is 0.148. The minimum Gasteiger partial charge on any atom is -0.353 e. The van der Waals surface area contributed by atoms with Crippen LogP contribution >= 0.6 is 23.2 Å². The predicted octanol–water partition coefficient (Wildman–Crippen LogP) is 3.54. The molecule has 1 atom stereocenters. The number of fused-ring (bicyclic) bond motifs is 1. The Morgan fingerprint density at radius 2 is 1.97 bits per heavy atom. The van der Waals surface area contributed by atoms with Gasteiger partial charge in [-0.3, -0.25) is 0 Å². The smallest absolute Gasteiger partial charge is 0.320 e. The van der Waals surface area contributed by atoms with Crippen molar-refractivity contribution in [2.45, 2.75) is 32.2 Å². The maximum atomic E-state index is 13.2. The Balaban J connectivity index is 1.42. The van der Waals surface area contributed by atoms with Crippen LogP contribution < -0.4 is 10.6 Å². The molecule has 1 aromatic heterocycles. The first kappa shape index (κ1) is 22.1. The van der Waals surface area contributed by atoms with Gasteiger partial charge in [0.25, 0.3) is 0 Å². The molecule has 0 spiro atoms. The van der Waals surface area contributed by atoms with Gasteiger partial charge < -0.3 is 20.4 Å². The molecule has 2 heterocycles. The average molecular weight is 463 g/mol. The lowest BCUT2D eigenvalue weighted by Crippen LogP contribution is -2.53. The molecule has 1 aliphatic heterocycles. The minimum absolute atomic E-state index is 0.00235. The van der Waals surface area contributed by atoms with E-state index in [2.05, 4.69) is 21.8 Å². The highest BCUT2D eigenvalue weighted by Gasteiger charge is 2.30. The van der Waals surface area contributed by atoms with Gasteiger partial charge in [0.2, 0.25) is 0 Å². The number of amides is 2. The molecule has 1 fully saturated rings. The number of aryl methyl sites for hydroxylation is 1. The topological polar surface area (TPSA) is 78.6 Å². The lowest BCUT2D eigenvalue weighted by Gasteiger charge is -2.38. The van der Waals surface area contributed by atoms with Crippen molar-refractivity contribution in [3.8, 4) is 0 Å². The van der Waals surface area contributed by atoms with Crippen molar-refractivity contribution in [1.29, 1.82) is 0 Å². The van der Waals surface area contributed by atoms with Crippen LogP contribution in [0.1, 0.15) is 36.1 Å². The lowest BCUT2D eigenvalue weighted by atomic mass is 10.1. The number of benzene rings is 1. The summed E-state index contributed by atoms with van der Waals surface area (Å²) in [5, 5.41) is 0.989. The van der Waals surface area contributed by atoms with Gasteiger partial charge in [0.05, 0.1) is 10.0 Å². The molecule has 4 rings (SSSR count). The highest BCUT2D eigenvalue weighted by molar-refractivity contribution is 6.42. The Morgan fingerprint density at radius 1 is 1.19 bits per heavy atom. The van der Waals surface area contributed by atoms with Crippen molar-refractivity contribution in [2.75, 3.05) is 44.2 Å². The van der Waals surface area contributed by atoms with Gasteiger partial charge in [0.1, 0.15) is 12.1 Å². The molecule has 1 aromatic carbocycles. The first-order chi connectivity index (χ1) is 15.0. The fraction of sp³-hybridized carbons (Fsp3) is 0.500. The van der Waals surface area contributed by atoms with Crippen molar-refractivity contribution in [3.05, 3.63) is 51.4 Å². The summed E-state index contributed by atoms with van der Waals surface area (Å²) in [4.78, 5) is 28.2. The van der Waals surface area contributed by atoms with Gasteiger partial charge in [-0.25, -0.2) is 14.8 Å². The van der Waals surface area contributed by atoms with Crippen LogP contribution in [0.3, 0.4) is 0 Å². The number of nitrogens with zero attached hydrogens (tertiary/aromatic N) is 5. The van der Waals surface area contributed by atoms with E-state index < -0.39 is 0 Å². The van der Waals surface area contributed by atoms with Crippen molar-refractivity contribution >= 4 is 35.1 Å². The SMILES string of the molecule is C[C@@H]1CCc2ncnc(N3CCN(C(=O)N(CCN)Cc4ccc(Cl)c(Cl)c4)CC3)c21. The summed E-state index contributed by atoms with van der Waals surface area (Å²) in [5.74, 6) is 1.52. The van der Waals surface area contributed by atoms with Crippen LogP contribution in [0.4, 0.5) is 10.6 Å². The second-order valence-electron chi connectivity index (χ2n) is 8.21. The zero-order valence-corrected chi connectivity index (χ0v) is 19.2. The van der Waals surface area contributed by atoms with Crippen LogP contribution in [0.5, 0.6) is 0 Å². The summed E-state index contributed by atoms with van der Waals surface area (Å²) in [6.45, 7) is 6.38. The van der Waals surface area contributed by atoms with Crippen molar-refractivity contribution < 1.29 is 4.79 Å². The maximum absolute atomic E-state index is 13.2. The number of hydrogen-bond donors (Lipinski definition) is 1. The Bertz CT molecular complexity index is 948. The molecule has 1 aliphatic carbocycles. The molecule has 2 N–H and O–H groups in total. The van der Waals surface area contributed by atoms with Gasteiger partial charge >= 0.3 is 6.03 Å². The Labute approximate surface area is 193 Å². The fourth-order valence-electron chi connectivity index (χ4n) is 4.44. The number of rotatable bonds is 5. The second-order valence-corrected chi connectivity index (χ2v) is 9.03. The third kappa shape index (κ3) is 4.73. The molecule has 166 valence electrons. The molecule has 2 amide bonds. The van der Waals surface area contributed by atoms with E-state index in [1.54, 1.807) is 23.4 Å². The molecular formula is C22H28Cl2N6O. The largest absolute Gasteiger partial charge is 0.353 e. The monoisotopic (exact) mass is 462 g/mol. The average Bonchev–Trinajstić information content (AvgIpc) is 3.17. The second kappa shape index (κ2) is 9.59. The number of urea groups is 1. The zero-order chi connectivity index (χ0) is 22.0. The van der Waals surface area contributed by atoms with Crippen molar-refractivity contribution in [1.82, 2.24) is 19.8 Å². The number of hydrogen-bond acceptors (Lipinski definition) is 5. The van der Waals surface area contributed by atoms with E-state index in [4.69, 9.17) is 28.9 Å². The minimum atomic E-state index is -0.00235. The zero-order valence-electron chi connectivity index (χ0n) is 17.7. The molecule has 7 nitrogen and oxygen atoms in total. The molecule has 0 radical (unpaired) electrons. The highest BCUT2D eigenvalue weighted by atomic mass is 35.5. The third-order valence-electron chi connectivity index (χ3n) is 6.13. The Morgan fingerprint density at radius 3 is 2.68 bits per heavy atom. The van der Waals surface area contributed by atoms with Crippen LogP contribution in [0.15, 0.2) is 24.5 Å². The van der Waals surface area contributed by atoms with Crippen LogP contribution in [0.25, 0.3) is 0 Å². The molecular weight excluding hydrogens is 435 g/mol. The first-order valence-electron chi connectivity index (χ1n) is 10.7. The van der Waals surface area contributed by atoms with Gasteiger partial charge in [-0.15, -0.1) is 0 Å². The number of carbonyl (C=O) groups is 1. The molecule has 2 aliphatic rings. The van der Waals surface area contributed by atoms with E-state index in [9.17, 15) is 4.79 Å². The fourth-order valence-corrected chi connectivity index (χ4v) is 4.76. The van der Waals surface area contributed by atoms with Gasteiger partial charge in [0.15, 0.2) is 0 Å². The highest BCUT2D eigenvalue weighted by Crippen LogP contribution is 2.37. The van der Waals surface area contributed by atoms with E-state index in [0.717, 1.165) is 37.3 Å². The summed E-state index contributed by atoms with van der Waals surface area (Å²) >= 11 is 12.2. The summed E-state index contributed by atoms with van der Waals surface area (Å²) in [5.41, 5.74) is 9.17. The molecule has 2 aromatic rings. The summed E-state index contributed by atoms with van der Waals surface area (Å²) < 4.78 is 0. The standard InChI is InChI=1S/C22H28Cl2N6O/c1-15-2-5-19-20(15)21(27-14-26-19)28-8-10-29(11-9-28)22(31)30(7-6-25)13-16-3-4-17(23)18(24)12-16/h3-4,12,14-15H,2,5-11,13,25H2,1H3/t15-/m1/s1. The quantitative estimate of drug-likeness (QED) is 0.734. The number of anilines is 1. The number of aromatic nitrogens is 2. The van der Waals surface area contributed by atoms with Gasteiger partial charge in [0, 0.05) is 57.1 Å².